The van der Waals surface area contributed by atoms with Crippen LogP contribution in [0.5, 0.6) is 0 Å². The van der Waals surface area contributed by atoms with Crippen molar-refractivity contribution in [3.8, 4) is 6.07 Å². The van der Waals surface area contributed by atoms with E-state index in [9.17, 15) is 10.1 Å². The fraction of sp³-hybridized carbons (Fsp3) is 0.643. The second-order valence-corrected chi connectivity index (χ2v) is 9.58. The first kappa shape index (κ1) is 32.1. The lowest BCUT2D eigenvalue weighted by atomic mass is 10.0. The summed E-state index contributed by atoms with van der Waals surface area (Å²) in [5.74, 6) is 0.584. The maximum atomic E-state index is 12.3. The summed E-state index contributed by atoms with van der Waals surface area (Å²) in [5, 5.41) is 9.62. The predicted octanol–water partition coefficient (Wildman–Crippen LogP) is 6.09. The summed E-state index contributed by atoms with van der Waals surface area (Å²) in [7, 11) is 5.66. The van der Waals surface area contributed by atoms with Crippen LogP contribution in [0.4, 0.5) is 4.79 Å². The molecule has 0 radical (unpaired) electrons. The summed E-state index contributed by atoms with van der Waals surface area (Å²) >= 11 is 0. The molecule has 1 aliphatic rings. The normalized spacial score (nSPS) is 15.7. The molecule has 0 aliphatic carbocycles. The first-order chi connectivity index (χ1) is 16.4. The van der Waals surface area contributed by atoms with Gasteiger partial charge in [0.2, 0.25) is 0 Å². The Morgan fingerprint density at radius 2 is 1.69 bits per heavy atom. The molecule has 0 aromatic carbocycles. The molecule has 0 N–H and O–H groups in total. The average Bonchev–Trinajstić information content (AvgIpc) is 2.80. The highest BCUT2D eigenvalue weighted by Crippen LogP contribution is 2.26. The summed E-state index contributed by atoms with van der Waals surface area (Å²) in [6.07, 6.45) is 11.2. The van der Waals surface area contributed by atoms with Crippen LogP contribution in [-0.4, -0.2) is 73.8 Å². The Morgan fingerprint density at radius 3 is 2.09 bits per heavy atom. The molecule has 1 amide bonds. The molecule has 0 bridgehead atoms. The van der Waals surface area contributed by atoms with Gasteiger partial charge < -0.3 is 24.2 Å². The third-order valence-corrected chi connectivity index (χ3v) is 5.13. The van der Waals surface area contributed by atoms with Gasteiger partial charge in [0.15, 0.2) is 5.76 Å². The molecule has 0 saturated carbocycles. The number of unbranched alkanes of at least 4 members (excludes halogenated alkanes) is 1. The molecule has 0 unspecified atom stereocenters. The molecule has 0 spiro atoms. The predicted molar refractivity (Wildman–Crippen MR) is 145 cm³/mol. The molecule has 1 rings (SSSR count). The molecular formula is C28H48N4O3. The van der Waals surface area contributed by atoms with Gasteiger partial charge in [-0.15, -0.1) is 0 Å². The van der Waals surface area contributed by atoms with Crippen LogP contribution in [0.25, 0.3) is 0 Å². The summed E-state index contributed by atoms with van der Waals surface area (Å²) < 4.78 is 11.1. The largest absolute Gasteiger partial charge is 0.493 e. The van der Waals surface area contributed by atoms with Crippen molar-refractivity contribution in [2.75, 3.05) is 47.4 Å². The first-order valence-corrected chi connectivity index (χ1v) is 12.5. The number of piperazine rings is 1. The van der Waals surface area contributed by atoms with Crippen LogP contribution in [0.2, 0.25) is 0 Å². The maximum absolute atomic E-state index is 12.3. The first-order valence-electron chi connectivity index (χ1n) is 12.5. The van der Waals surface area contributed by atoms with Gasteiger partial charge in [0, 0.05) is 40.3 Å². The smallest absolute Gasteiger partial charge is 0.410 e. The van der Waals surface area contributed by atoms with E-state index in [-0.39, 0.29) is 6.09 Å². The van der Waals surface area contributed by atoms with Crippen molar-refractivity contribution in [2.45, 2.75) is 73.3 Å². The van der Waals surface area contributed by atoms with Crippen molar-refractivity contribution in [3.63, 3.8) is 0 Å². The Kier molecular flexibility index (Phi) is 15.3. The number of rotatable bonds is 8. The van der Waals surface area contributed by atoms with Gasteiger partial charge in [-0.05, 0) is 59.2 Å². The van der Waals surface area contributed by atoms with Gasteiger partial charge in [0.1, 0.15) is 11.7 Å². The van der Waals surface area contributed by atoms with Crippen molar-refractivity contribution in [2.24, 2.45) is 0 Å². The van der Waals surface area contributed by atoms with Crippen LogP contribution in [0.1, 0.15) is 67.7 Å². The molecule has 1 fully saturated rings. The van der Waals surface area contributed by atoms with Gasteiger partial charge >= 0.3 is 6.09 Å². The van der Waals surface area contributed by atoms with E-state index in [2.05, 4.69) is 48.1 Å². The van der Waals surface area contributed by atoms with Crippen LogP contribution < -0.4 is 0 Å². The van der Waals surface area contributed by atoms with Crippen molar-refractivity contribution in [1.82, 2.24) is 14.7 Å². The molecule has 1 aliphatic heterocycles. The third-order valence-electron chi connectivity index (χ3n) is 5.13. The van der Waals surface area contributed by atoms with Gasteiger partial charge in [-0.1, -0.05) is 38.5 Å². The van der Waals surface area contributed by atoms with Gasteiger partial charge in [-0.2, -0.15) is 5.26 Å². The molecule has 198 valence electrons. The van der Waals surface area contributed by atoms with Gasteiger partial charge in [-0.3, -0.25) is 0 Å². The lowest BCUT2D eigenvalue weighted by Crippen LogP contribution is -2.49. The average molecular weight is 489 g/mol. The van der Waals surface area contributed by atoms with Crippen LogP contribution in [0.3, 0.4) is 0 Å². The summed E-state index contributed by atoms with van der Waals surface area (Å²) in [5.41, 5.74) is 1.82. The van der Waals surface area contributed by atoms with Crippen molar-refractivity contribution < 1.29 is 14.3 Å². The summed E-state index contributed by atoms with van der Waals surface area (Å²) in [6, 6.07) is 2.27. The number of allylic oxidation sites excluding steroid dienone is 5. The number of carbonyl (C=O) groups is 1. The number of amides is 1. The monoisotopic (exact) mass is 488 g/mol. The van der Waals surface area contributed by atoms with Gasteiger partial charge in [0.25, 0.3) is 0 Å². The van der Waals surface area contributed by atoms with E-state index in [0.29, 0.717) is 37.5 Å². The minimum absolute atomic E-state index is 0.284. The van der Waals surface area contributed by atoms with Crippen LogP contribution in [0, 0.1) is 11.3 Å². The Bertz CT molecular complexity index is 803. The molecule has 7 nitrogen and oxygen atoms in total. The minimum Gasteiger partial charge on any atom is -0.493 e. The van der Waals surface area contributed by atoms with Gasteiger partial charge in [0.05, 0.1) is 18.4 Å². The Morgan fingerprint density at radius 1 is 1.11 bits per heavy atom. The molecular weight excluding hydrogens is 440 g/mol. The number of nitrogens with zero attached hydrogens (tertiary/aromatic N) is 4. The highest BCUT2D eigenvalue weighted by atomic mass is 16.6. The van der Waals surface area contributed by atoms with E-state index in [0.717, 1.165) is 17.7 Å². The molecule has 0 aromatic heterocycles. The topological polar surface area (TPSA) is 69.0 Å². The van der Waals surface area contributed by atoms with E-state index < -0.39 is 5.60 Å². The number of hydrogen-bond donors (Lipinski definition) is 0. The third kappa shape index (κ3) is 12.4. The van der Waals surface area contributed by atoms with Crippen LogP contribution >= 0.6 is 0 Å². The van der Waals surface area contributed by atoms with E-state index in [4.69, 9.17) is 9.47 Å². The summed E-state index contributed by atoms with van der Waals surface area (Å²) in [6.45, 7) is 16.1. The van der Waals surface area contributed by atoms with Gasteiger partial charge in [-0.25, -0.2) is 4.79 Å². The Labute approximate surface area is 214 Å². The van der Waals surface area contributed by atoms with Crippen LogP contribution in [-0.2, 0) is 9.47 Å². The van der Waals surface area contributed by atoms with E-state index in [1.807, 2.05) is 54.8 Å². The molecule has 1 heterocycles. The molecule has 0 aromatic rings. The van der Waals surface area contributed by atoms with E-state index >= 15 is 0 Å². The zero-order valence-electron chi connectivity index (χ0n) is 23.8. The fourth-order valence-electron chi connectivity index (χ4n) is 3.26. The van der Waals surface area contributed by atoms with E-state index in [1.165, 1.54) is 12.8 Å². The zero-order chi connectivity index (χ0) is 27.0. The van der Waals surface area contributed by atoms with Crippen molar-refractivity contribution in [1.29, 1.82) is 5.26 Å². The highest BCUT2D eigenvalue weighted by Gasteiger charge is 2.28. The van der Waals surface area contributed by atoms with E-state index in [1.54, 1.807) is 12.0 Å². The standard InChI is InChI=1S/C21H33N3O3.C7H15N/c1-8-10-18(19(26-7)17(15-22)16(3)9-2)23-11-13-24(14-12-23)20(25)27-21(4,5)6;1-4-5-6-7-8(2)3/h9-10H,8,11-14H2,1-7H3;6-7H,4-5H2,1-3H3/b16-9-,18-10-,19-17+;7-6-. The second-order valence-electron chi connectivity index (χ2n) is 9.58. The van der Waals surface area contributed by atoms with Crippen molar-refractivity contribution in [3.05, 3.63) is 47.0 Å². The number of methoxy groups -OCH3 is 1. The Hall–Kier alpha value is -2.88. The Balaban J connectivity index is 0.00000124. The number of nitriles is 1. The zero-order valence-corrected chi connectivity index (χ0v) is 23.8. The highest BCUT2D eigenvalue weighted by molar-refractivity contribution is 5.68. The second kappa shape index (κ2) is 16.7. The summed E-state index contributed by atoms with van der Waals surface area (Å²) in [4.78, 5) is 18.2. The lowest BCUT2D eigenvalue weighted by Gasteiger charge is -2.38. The number of ether oxygens (including phenoxy) is 2. The molecule has 7 heteroatoms. The molecule has 35 heavy (non-hydrogen) atoms. The molecule has 0 atom stereocenters. The van der Waals surface area contributed by atoms with Crippen molar-refractivity contribution >= 4 is 6.09 Å². The maximum Gasteiger partial charge on any atom is 0.410 e. The SMILES string of the molecule is CCC/C=C\N(C)C.C\C=C(C)/C(C#N)=C(OC)\C(=C\CC)N1CCN(C(=O)OC(C)(C)C)CC1. The number of hydrogen-bond acceptors (Lipinski definition) is 6. The minimum atomic E-state index is -0.501. The van der Waals surface area contributed by atoms with Crippen LogP contribution in [0.15, 0.2) is 47.0 Å². The fourth-order valence-corrected chi connectivity index (χ4v) is 3.26. The number of carbonyl (C=O) groups excluding carboxylic acids is 1. The quantitative estimate of drug-likeness (QED) is 0.234. The molecule has 1 saturated heterocycles. The lowest BCUT2D eigenvalue weighted by molar-refractivity contribution is 0.0166.